The predicted molar refractivity (Wildman–Crippen MR) is 44.1 cm³/mol. The predicted octanol–water partition coefficient (Wildman–Crippen LogP) is 2.42. The molecule has 1 heterocycles. The van der Waals surface area contributed by atoms with Crippen LogP contribution in [0, 0.1) is 0 Å². The summed E-state index contributed by atoms with van der Waals surface area (Å²) in [5.41, 5.74) is 1.23. The molecular weight excluding hydrogens is 122 g/mol. The van der Waals surface area contributed by atoms with E-state index < -0.39 is 0 Å². The van der Waals surface area contributed by atoms with Crippen molar-refractivity contribution in [1.82, 2.24) is 4.90 Å². The minimum Gasteiger partial charge on any atom is -0.331 e. The maximum Gasteiger partial charge on any atom is 0.0111 e. The lowest BCUT2D eigenvalue weighted by Gasteiger charge is -2.06. The van der Waals surface area contributed by atoms with E-state index in [1.165, 1.54) is 5.57 Å². The van der Waals surface area contributed by atoms with Crippen molar-refractivity contribution in [3.8, 4) is 0 Å². The molecule has 1 nitrogen and oxygen atoms in total. The van der Waals surface area contributed by atoms with E-state index in [-0.39, 0.29) is 0 Å². The molecule has 0 bridgehead atoms. The van der Waals surface area contributed by atoms with Crippen molar-refractivity contribution >= 4 is 0 Å². The maximum atomic E-state index is 3.66. The minimum absolute atomic E-state index is 1.23. The first-order valence-electron chi connectivity index (χ1n) is 3.26. The van der Waals surface area contributed by atoms with Crippen molar-refractivity contribution in [1.29, 1.82) is 0 Å². The van der Waals surface area contributed by atoms with Gasteiger partial charge in [-0.2, -0.15) is 0 Å². The summed E-state index contributed by atoms with van der Waals surface area (Å²) in [4.78, 5) is 1.93. The minimum atomic E-state index is 1.23. The second-order valence-electron chi connectivity index (χ2n) is 2.20. The lowest BCUT2D eigenvalue weighted by atomic mass is 10.3. The van der Waals surface area contributed by atoms with Crippen molar-refractivity contribution in [2.45, 2.75) is 6.92 Å². The third kappa shape index (κ3) is 1.62. The fraction of sp³-hybridized carbons (Fsp3) is 0.111. The van der Waals surface area contributed by atoms with E-state index in [2.05, 4.69) is 19.6 Å². The highest BCUT2D eigenvalue weighted by atomic mass is 15.1. The van der Waals surface area contributed by atoms with Gasteiger partial charge in [-0.25, -0.2) is 0 Å². The van der Waals surface area contributed by atoms with Crippen LogP contribution in [0.1, 0.15) is 6.92 Å². The summed E-state index contributed by atoms with van der Waals surface area (Å²) in [5, 5.41) is 0. The Bertz CT molecular complexity index is 209. The summed E-state index contributed by atoms with van der Waals surface area (Å²) in [6.45, 7) is 5.72. The normalized spacial score (nSPS) is 16.5. The number of allylic oxidation sites excluding steroid dienone is 4. The van der Waals surface area contributed by atoms with E-state index in [0.717, 1.165) is 0 Å². The van der Waals surface area contributed by atoms with Crippen LogP contribution in [0.15, 0.2) is 49.0 Å². The molecule has 0 unspecified atom stereocenters. The van der Waals surface area contributed by atoms with Gasteiger partial charge in [0.1, 0.15) is 0 Å². The van der Waals surface area contributed by atoms with Gasteiger partial charge in [0.05, 0.1) is 0 Å². The van der Waals surface area contributed by atoms with Gasteiger partial charge in [0.15, 0.2) is 0 Å². The van der Waals surface area contributed by atoms with E-state index in [4.69, 9.17) is 0 Å². The Morgan fingerprint density at radius 3 is 3.00 bits per heavy atom. The third-order valence-electron chi connectivity index (χ3n) is 1.29. The van der Waals surface area contributed by atoms with Crippen LogP contribution in [0.5, 0.6) is 0 Å². The molecular formula is C9H11N. The van der Waals surface area contributed by atoms with Gasteiger partial charge in [-0.1, -0.05) is 18.7 Å². The number of rotatable bonds is 1. The summed E-state index contributed by atoms with van der Waals surface area (Å²) in [7, 11) is 0. The Hall–Kier alpha value is -1.24. The van der Waals surface area contributed by atoms with Crippen molar-refractivity contribution in [3.05, 3.63) is 49.0 Å². The standard InChI is InChI=1S/C9H11N/c1-3-10-7-5-4-6-9(2)8-10/h3-8H,1H2,2H3. The summed E-state index contributed by atoms with van der Waals surface area (Å²) in [6.07, 6.45) is 11.8. The zero-order chi connectivity index (χ0) is 7.40. The van der Waals surface area contributed by atoms with Gasteiger partial charge in [0.25, 0.3) is 0 Å². The van der Waals surface area contributed by atoms with Gasteiger partial charge >= 0.3 is 0 Å². The van der Waals surface area contributed by atoms with Crippen molar-refractivity contribution in [2.75, 3.05) is 0 Å². The smallest absolute Gasteiger partial charge is 0.0111 e. The molecule has 0 radical (unpaired) electrons. The first-order chi connectivity index (χ1) is 4.83. The molecule has 10 heavy (non-hydrogen) atoms. The Labute approximate surface area is 61.7 Å². The molecule has 0 atom stereocenters. The average Bonchev–Trinajstić information content (AvgIpc) is 2.13. The molecule has 0 aromatic carbocycles. The molecule has 0 aromatic heterocycles. The van der Waals surface area contributed by atoms with Gasteiger partial charge in [-0.05, 0) is 18.6 Å². The number of hydrogen-bond donors (Lipinski definition) is 0. The van der Waals surface area contributed by atoms with Crippen LogP contribution in [0.2, 0.25) is 0 Å². The zero-order valence-corrected chi connectivity index (χ0v) is 6.12. The van der Waals surface area contributed by atoms with Gasteiger partial charge in [0.2, 0.25) is 0 Å². The second kappa shape index (κ2) is 3.06. The first kappa shape index (κ1) is 6.87. The van der Waals surface area contributed by atoms with Crippen LogP contribution >= 0.6 is 0 Å². The first-order valence-corrected chi connectivity index (χ1v) is 3.26. The molecule has 0 spiro atoms. The fourth-order valence-electron chi connectivity index (χ4n) is 0.791. The SMILES string of the molecule is C=CN1C=CC=CC(C)=C1. The van der Waals surface area contributed by atoms with Crippen LogP contribution in [0.25, 0.3) is 0 Å². The summed E-state index contributed by atoms with van der Waals surface area (Å²) < 4.78 is 0. The lowest BCUT2D eigenvalue weighted by Crippen LogP contribution is -1.97. The lowest BCUT2D eigenvalue weighted by molar-refractivity contribution is 0.692. The van der Waals surface area contributed by atoms with E-state index in [1.54, 1.807) is 6.20 Å². The monoisotopic (exact) mass is 133 g/mol. The Balaban J connectivity index is 2.81. The van der Waals surface area contributed by atoms with Crippen LogP contribution in [-0.4, -0.2) is 4.90 Å². The molecule has 0 saturated carbocycles. The maximum absolute atomic E-state index is 3.66. The fourth-order valence-corrected chi connectivity index (χ4v) is 0.791. The van der Waals surface area contributed by atoms with Crippen molar-refractivity contribution in [3.63, 3.8) is 0 Å². The topological polar surface area (TPSA) is 3.24 Å². The van der Waals surface area contributed by atoms with E-state index in [0.29, 0.717) is 0 Å². The molecule has 0 saturated heterocycles. The number of hydrogen-bond acceptors (Lipinski definition) is 1. The van der Waals surface area contributed by atoms with Crippen molar-refractivity contribution in [2.24, 2.45) is 0 Å². The van der Waals surface area contributed by atoms with Crippen molar-refractivity contribution < 1.29 is 0 Å². The van der Waals surface area contributed by atoms with Crippen LogP contribution in [-0.2, 0) is 0 Å². The van der Waals surface area contributed by atoms with Crippen LogP contribution < -0.4 is 0 Å². The Kier molecular flexibility index (Phi) is 2.11. The molecule has 1 rings (SSSR count). The molecule has 1 aliphatic heterocycles. The summed E-state index contributed by atoms with van der Waals surface area (Å²) in [6, 6.07) is 0. The van der Waals surface area contributed by atoms with E-state index in [9.17, 15) is 0 Å². The quantitative estimate of drug-likeness (QED) is 0.531. The van der Waals surface area contributed by atoms with Gasteiger partial charge < -0.3 is 4.90 Å². The van der Waals surface area contributed by atoms with Gasteiger partial charge in [-0.15, -0.1) is 0 Å². The summed E-state index contributed by atoms with van der Waals surface area (Å²) in [5.74, 6) is 0. The van der Waals surface area contributed by atoms with Gasteiger partial charge in [0, 0.05) is 18.6 Å². The highest BCUT2D eigenvalue weighted by Crippen LogP contribution is 2.04. The molecule has 1 heteroatoms. The largest absolute Gasteiger partial charge is 0.331 e. The molecule has 1 aliphatic rings. The molecule has 0 amide bonds. The summed E-state index contributed by atoms with van der Waals surface area (Å²) >= 11 is 0. The number of nitrogens with zero attached hydrogens (tertiary/aromatic N) is 1. The Morgan fingerprint density at radius 2 is 2.30 bits per heavy atom. The molecule has 0 fully saturated rings. The third-order valence-corrected chi connectivity index (χ3v) is 1.29. The van der Waals surface area contributed by atoms with Crippen LogP contribution in [0.3, 0.4) is 0 Å². The average molecular weight is 133 g/mol. The highest BCUT2D eigenvalue weighted by molar-refractivity contribution is 5.24. The molecule has 0 aromatic rings. The Morgan fingerprint density at radius 1 is 1.50 bits per heavy atom. The van der Waals surface area contributed by atoms with Gasteiger partial charge in [-0.3, -0.25) is 0 Å². The van der Waals surface area contributed by atoms with E-state index >= 15 is 0 Å². The second-order valence-corrected chi connectivity index (χ2v) is 2.20. The molecule has 0 N–H and O–H groups in total. The zero-order valence-electron chi connectivity index (χ0n) is 6.12. The molecule has 0 aliphatic carbocycles. The molecule has 52 valence electrons. The van der Waals surface area contributed by atoms with E-state index in [1.807, 2.05) is 29.5 Å². The highest BCUT2D eigenvalue weighted by Gasteiger charge is 1.89. The van der Waals surface area contributed by atoms with Crippen LogP contribution in [0.4, 0.5) is 0 Å².